The van der Waals surface area contributed by atoms with Crippen LogP contribution in [0.3, 0.4) is 0 Å². The number of para-hydroxylation sites is 6. The lowest BCUT2D eigenvalue weighted by atomic mass is 9.82. The van der Waals surface area contributed by atoms with Crippen molar-refractivity contribution in [3.63, 3.8) is 0 Å². The second-order valence-corrected chi connectivity index (χ2v) is 22.9. The fourth-order valence-electron chi connectivity index (χ4n) is 14.6. The summed E-state index contributed by atoms with van der Waals surface area (Å²) >= 11 is 0. The maximum atomic E-state index is 7.33. The van der Waals surface area contributed by atoms with Crippen molar-refractivity contribution in [1.82, 2.24) is 0 Å². The Bertz CT molecular complexity index is 4410. The highest BCUT2D eigenvalue weighted by Gasteiger charge is 2.32. The molecule has 2 aliphatic carbocycles. The molecule has 2 heterocycles. The third-order valence-electron chi connectivity index (χ3n) is 18.4. The number of hydrogen-bond acceptors (Lipinski definition) is 4. The van der Waals surface area contributed by atoms with Crippen LogP contribution in [0.25, 0.3) is 98.4 Å². The average molecular weight is 1030 g/mol. The van der Waals surface area contributed by atoms with Crippen LogP contribution in [0.5, 0.6) is 0 Å². The zero-order valence-corrected chi connectivity index (χ0v) is 45.3. The molecule has 80 heavy (non-hydrogen) atoms. The van der Waals surface area contributed by atoms with Gasteiger partial charge in [0, 0.05) is 54.8 Å². The Morgan fingerprint density at radius 2 is 0.650 bits per heavy atom. The first-order valence-electron chi connectivity index (χ1n) is 29.0. The average Bonchev–Trinajstić information content (AvgIpc) is 4.41. The second-order valence-electron chi connectivity index (χ2n) is 22.9. The van der Waals surface area contributed by atoms with E-state index in [1.807, 2.05) is 0 Å². The van der Waals surface area contributed by atoms with Gasteiger partial charge in [-0.1, -0.05) is 196 Å². The Morgan fingerprint density at radius 1 is 0.300 bits per heavy atom. The maximum absolute atomic E-state index is 7.33. The molecule has 0 spiro atoms. The standard InChI is InChI=1S/C76H60N2O2/c1-47-21-9-15-31-53(47)57-33-17-35-59-61-37-19-39-67(75(61)79-73(57)59)77(51-27-5-3-6-28-51)69-45-65(49-23-11-12-24-49)55-42-44-64-70(46-66(50-25-13-14-26-50)56-41-43-63(69)71(55)72(56)64)78(52-29-7-4-8-30-52)68-40-20-38-62-60-36-18-34-58(74(60)80-76(62)68)54-32-16-10-22-48(54)2/h3-10,15-22,27-46,49-50H,11-14,23-26H2,1-2H3. The molecule has 0 saturated heterocycles. The fraction of sp³-hybridized carbons (Fsp3) is 0.158. The Kier molecular flexibility index (Phi) is 11.0. The second kappa shape index (κ2) is 18.8. The molecule has 4 heteroatoms. The topological polar surface area (TPSA) is 32.8 Å². The lowest BCUT2D eigenvalue weighted by molar-refractivity contribution is 0.670. The van der Waals surface area contributed by atoms with E-state index in [1.54, 1.807) is 0 Å². The SMILES string of the molecule is Cc1ccccc1-c1cccc2c1oc1c(N(c3ccccc3)c3cc(C4CCCC4)c4ccc5c(N(c6ccccc6)c6cccc7c6oc6c(-c8ccccc8C)cccc67)cc(C6CCCC6)c6ccc3c4c65)cccc12. The zero-order chi connectivity index (χ0) is 53.0. The normalized spacial score (nSPS) is 14.4. The summed E-state index contributed by atoms with van der Waals surface area (Å²) in [5, 5.41) is 12.4. The van der Waals surface area contributed by atoms with Gasteiger partial charge in [0.25, 0.3) is 0 Å². The van der Waals surface area contributed by atoms with E-state index < -0.39 is 0 Å². The highest BCUT2D eigenvalue weighted by atomic mass is 16.3. The predicted molar refractivity (Wildman–Crippen MR) is 337 cm³/mol. The molecule has 16 rings (SSSR count). The number of rotatable bonds is 10. The van der Waals surface area contributed by atoms with Crippen LogP contribution in [0.15, 0.2) is 227 Å². The Balaban J connectivity index is 0.994. The molecule has 2 aliphatic rings. The molecule has 2 aromatic heterocycles. The number of anilines is 6. The summed E-state index contributed by atoms with van der Waals surface area (Å²) in [6.07, 6.45) is 9.71. The van der Waals surface area contributed by atoms with E-state index in [0.29, 0.717) is 11.8 Å². The van der Waals surface area contributed by atoms with Gasteiger partial charge in [-0.25, -0.2) is 0 Å². The number of nitrogens with zero attached hydrogens (tertiary/aromatic N) is 2. The van der Waals surface area contributed by atoms with Gasteiger partial charge in [-0.05, 0) is 155 Å². The van der Waals surface area contributed by atoms with Crippen molar-refractivity contribution in [2.24, 2.45) is 0 Å². The van der Waals surface area contributed by atoms with Gasteiger partial charge in [0.2, 0.25) is 0 Å². The van der Waals surface area contributed by atoms with Crippen LogP contribution in [0, 0.1) is 13.8 Å². The number of benzene rings is 12. The molecule has 0 atom stereocenters. The van der Waals surface area contributed by atoms with Crippen molar-refractivity contribution in [2.75, 3.05) is 9.80 Å². The van der Waals surface area contributed by atoms with Crippen molar-refractivity contribution in [2.45, 2.75) is 77.0 Å². The van der Waals surface area contributed by atoms with Gasteiger partial charge >= 0.3 is 0 Å². The van der Waals surface area contributed by atoms with Crippen LogP contribution >= 0.6 is 0 Å². The fourth-order valence-corrected chi connectivity index (χ4v) is 14.6. The van der Waals surface area contributed by atoms with Gasteiger partial charge < -0.3 is 18.6 Å². The van der Waals surface area contributed by atoms with E-state index >= 15 is 0 Å². The molecule has 386 valence electrons. The molecule has 0 radical (unpaired) electrons. The largest absolute Gasteiger partial charge is 0.453 e. The van der Waals surface area contributed by atoms with Crippen molar-refractivity contribution in [3.8, 4) is 22.3 Å². The third kappa shape index (κ3) is 7.27. The van der Waals surface area contributed by atoms with Crippen LogP contribution in [-0.2, 0) is 0 Å². The number of fused-ring (bicyclic) bond motifs is 6. The maximum Gasteiger partial charge on any atom is 0.159 e. The lowest BCUT2D eigenvalue weighted by Crippen LogP contribution is -2.13. The first-order valence-corrected chi connectivity index (χ1v) is 29.0. The number of hydrogen-bond donors (Lipinski definition) is 0. The van der Waals surface area contributed by atoms with Crippen LogP contribution in [0.1, 0.15) is 85.5 Å². The van der Waals surface area contributed by atoms with E-state index in [2.05, 4.69) is 242 Å². The van der Waals surface area contributed by atoms with E-state index in [1.165, 1.54) is 128 Å². The summed E-state index contributed by atoms with van der Waals surface area (Å²) in [6.45, 7) is 4.38. The van der Waals surface area contributed by atoms with Gasteiger partial charge in [0.15, 0.2) is 11.2 Å². The van der Waals surface area contributed by atoms with Gasteiger partial charge in [-0.3, -0.25) is 0 Å². The first kappa shape index (κ1) is 46.9. The molecule has 2 fully saturated rings. The predicted octanol–water partition coefficient (Wildman–Crippen LogP) is 22.6. The van der Waals surface area contributed by atoms with Crippen molar-refractivity contribution >= 4 is 110 Å². The van der Waals surface area contributed by atoms with Gasteiger partial charge in [-0.15, -0.1) is 0 Å². The molecule has 4 nitrogen and oxygen atoms in total. The van der Waals surface area contributed by atoms with Gasteiger partial charge in [0.1, 0.15) is 11.2 Å². The summed E-state index contributed by atoms with van der Waals surface area (Å²) in [5.41, 5.74) is 20.2. The molecule has 0 bridgehead atoms. The Hall–Kier alpha value is -9.12. The van der Waals surface area contributed by atoms with Gasteiger partial charge in [0.05, 0.1) is 22.7 Å². The molecule has 0 aliphatic heterocycles. The summed E-state index contributed by atoms with van der Waals surface area (Å²) < 4.78 is 14.7. The minimum Gasteiger partial charge on any atom is -0.453 e. The van der Waals surface area contributed by atoms with Crippen molar-refractivity contribution in [1.29, 1.82) is 0 Å². The molecule has 12 aromatic carbocycles. The summed E-state index contributed by atoms with van der Waals surface area (Å²) in [5.74, 6) is 0.888. The minimum atomic E-state index is 0.444. The molecular formula is C76H60N2O2. The zero-order valence-electron chi connectivity index (χ0n) is 45.3. The van der Waals surface area contributed by atoms with E-state index in [9.17, 15) is 0 Å². The van der Waals surface area contributed by atoms with E-state index in [0.717, 1.165) is 77.8 Å². The Morgan fingerprint density at radius 3 is 1.06 bits per heavy atom. The highest BCUT2D eigenvalue weighted by Crippen LogP contribution is 2.55. The van der Waals surface area contributed by atoms with Crippen molar-refractivity contribution in [3.05, 3.63) is 241 Å². The summed E-state index contributed by atoms with van der Waals surface area (Å²) in [7, 11) is 0. The number of aryl methyl sites for hydroxylation is 2. The van der Waals surface area contributed by atoms with Crippen LogP contribution < -0.4 is 9.80 Å². The van der Waals surface area contributed by atoms with Crippen LogP contribution in [-0.4, -0.2) is 0 Å². The number of furan rings is 2. The molecule has 14 aromatic rings. The molecule has 2 saturated carbocycles. The molecule has 0 N–H and O–H groups in total. The smallest absolute Gasteiger partial charge is 0.159 e. The molecule has 0 unspecified atom stereocenters. The van der Waals surface area contributed by atoms with E-state index in [4.69, 9.17) is 8.83 Å². The molecular weight excluding hydrogens is 973 g/mol. The lowest BCUT2D eigenvalue weighted by Gasteiger charge is -2.32. The monoisotopic (exact) mass is 1030 g/mol. The summed E-state index contributed by atoms with van der Waals surface area (Å²) in [6, 6.07) is 81.1. The highest BCUT2D eigenvalue weighted by molar-refractivity contribution is 6.30. The minimum absolute atomic E-state index is 0.444. The van der Waals surface area contributed by atoms with Crippen LogP contribution in [0.4, 0.5) is 34.1 Å². The quantitative estimate of drug-likeness (QED) is 0.128. The van der Waals surface area contributed by atoms with Crippen molar-refractivity contribution < 1.29 is 8.83 Å². The molecule has 0 amide bonds. The van der Waals surface area contributed by atoms with Gasteiger partial charge in [-0.2, -0.15) is 0 Å². The van der Waals surface area contributed by atoms with Crippen LogP contribution in [0.2, 0.25) is 0 Å². The third-order valence-corrected chi connectivity index (χ3v) is 18.4. The Labute approximate surface area is 466 Å². The van der Waals surface area contributed by atoms with E-state index in [-0.39, 0.29) is 0 Å². The first-order chi connectivity index (χ1) is 39.6. The summed E-state index contributed by atoms with van der Waals surface area (Å²) in [4.78, 5) is 5.04.